The molecule has 0 saturated heterocycles. The van der Waals surface area contributed by atoms with E-state index in [4.69, 9.17) is 14.9 Å². The van der Waals surface area contributed by atoms with Crippen molar-refractivity contribution in [3.05, 3.63) is 51.1 Å². The van der Waals surface area contributed by atoms with Crippen LogP contribution in [0.5, 0.6) is 0 Å². The summed E-state index contributed by atoms with van der Waals surface area (Å²) < 4.78 is 11.9. The lowest BCUT2D eigenvalue weighted by Crippen LogP contribution is -2.17. The van der Waals surface area contributed by atoms with Gasteiger partial charge in [-0.15, -0.1) is 11.3 Å². The summed E-state index contributed by atoms with van der Waals surface area (Å²) in [5.74, 6) is -0.0954. The number of carbonyl (C=O) groups excluding carboxylic acids is 1. The van der Waals surface area contributed by atoms with Crippen molar-refractivity contribution in [2.45, 2.75) is 51.7 Å². The van der Waals surface area contributed by atoms with Crippen LogP contribution in [0.2, 0.25) is 0 Å². The van der Waals surface area contributed by atoms with Crippen molar-refractivity contribution in [1.82, 2.24) is 14.5 Å². The lowest BCUT2D eigenvalue weighted by atomic mass is 10.1. The normalized spacial score (nSPS) is 13.9. The maximum absolute atomic E-state index is 12.3. The summed E-state index contributed by atoms with van der Waals surface area (Å²) in [5.41, 5.74) is 8.68. The number of esters is 1. The highest BCUT2D eigenvalue weighted by Gasteiger charge is 2.20. The van der Waals surface area contributed by atoms with E-state index in [0.717, 1.165) is 29.5 Å². The van der Waals surface area contributed by atoms with Crippen molar-refractivity contribution >= 4 is 44.4 Å². The number of thiophene rings is 1. The maximum atomic E-state index is 12.3. The van der Waals surface area contributed by atoms with Crippen molar-refractivity contribution in [3.8, 4) is 0 Å². The minimum Gasteiger partial charge on any atom is -0.457 e. The fourth-order valence-corrected chi connectivity index (χ4v) is 5.41. The van der Waals surface area contributed by atoms with Crippen LogP contribution in [0.4, 0.5) is 5.82 Å². The molecule has 4 aromatic rings. The van der Waals surface area contributed by atoms with Crippen LogP contribution in [-0.2, 0) is 35.5 Å². The first-order valence-electron chi connectivity index (χ1n) is 10.4. The van der Waals surface area contributed by atoms with Gasteiger partial charge in [0, 0.05) is 11.4 Å². The second kappa shape index (κ2) is 8.14. The van der Waals surface area contributed by atoms with Gasteiger partial charge in [-0.3, -0.25) is 9.36 Å². The van der Waals surface area contributed by atoms with Gasteiger partial charge < -0.3 is 14.9 Å². The zero-order valence-corrected chi connectivity index (χ0v) is 17.7. The number of nitrogen functional groups attached to an aromatic ring is 1. The third-order valence-corrected chi connectivity index (χ3v) is 6.80. The fourth-order valence-electron chi connectivity index (χ4n) is 4.12. The summed E-state index contributed by atoms with van der Waals surface area (Å²) in [5, 5.41) is 0.961. The van der Waals surface area contributed by atoms with Crippen LogP contribution in [0.3, 0.4) is 0 Å². The van der Waals surface area contributed by atoms with Crippen LogP contribution in [0.15, 0.2) is 33.5 Å². The summed E-state index contributed by atoms with van der Waals surface area (Å²) in [6.45, 7) is 0.122. The second-order valence-corrected chi connectivity index (χ2v) is 8.75. The van der Waals surface area contributed by atoms with Crippen LogP contribution in [0.25, 0.3) is 21.3 Å². The molecule has 0 aliphatic heterocycles. The van der Waals surface area contributed by atoms with Gasteiger partial charge in [0.25, 0.3) is 0 Å². The number of hydrogen-bond donors (Lipinski definition) is 1. The first-order valence-corrected chi connectivity index (χ1v) is 11.2. The van der Waals surface area contributed by atoms with Crippen molar-refractivity contribution < 1.29 is 13.9 Å². The van der Waals surface area contributed by atoms with Gasteiger partial charge in [0.15, 0.2) is 18.0 Å². The summed E-state index contributed by atoms with van der Waals surface area (Å²) in [4.78, 5) is 35.4. The van der Waals surface area contributed by atoms with E-state index in [2.05, 4.69) is 9.97 Å². The number of nitrogens with two attached hydrogens (primary N) is 1. The highest BCUT2D eigenvalue weighted by Crippen LogP contribution is 2.37. The van der Waals surface area contributed by atoms with E-state index in [-0.39, 0.29) is 19.6 Å². The summed E-state index contributed by atoms with van der Waals surface area (Å²) in [7, 11) is 0. The number of carbonyl (C=O) groups is 1. The minimum absolute atomic E-state index is 0.0362. The van der Waals surface area contributed by atoms with Gasteiger partial charge in [0.2, 0.25) is 0 Å². The Morgan fingerprint density at radius 1 is 1.19 bits per heavy atom. The summed E-state index contributed by atoms with van der Waals surface area (Å²) >= 11 is 1.67. The van der Waals surface area contributed by atoms with Gasteiger partial charge in [-0.2, -0.15) is 0 Å². The quantitative estimate of drug-likeness (QED) is 0.374. The molecule has 1 aliphatic carbocycles. The molecule has 5 rings (SSSR count). The standard InChI is InChI=1S/C22H22N4O4S/c23-20-19-13-6-2-1-3-9-16(13)31-21(19)25-17(24-20)12-29-18(27)10-11-26-14-7-4-5-8-15(14)30-22(26)28/h4-5,7-8H,1-3,6,9-12H2,(H2,23,24,25). The molecule has 3 aromatic heterocycles. The SMILES string of the molecule is Nc1nc(COC(=O)CCn2c(=O)oc3ccccc32)nc2sc3c(c12)CCCCC3. The van der Waals surface area contributed by atoms with E-state index in [1.54, 1.807) is 29.5 Å². The molecule has 0 saturated carbocycles. The predicted molar refractivity (Wildman–Crippen MR) is 118 cm³/mol. The molecular formula is C22H22N4O4S. The van der Waals surface area contributed by atoms with E-state index < -0.39 is 11.7 Å². The van der Waals surface area contributed by atoms with Crippen molar-refractivity contribution in [3.63, 3.8) is 0 Å². The Balaban J connectivity index is 1.27. The molecule has 0 spiro atoms. The zero-order chi connectivity index (χ0) is 21.4. The molecule has 0 radical (unpaired) electrons. The number of para-hydroxylation sites is 2. The Hall–Kier alpha value is -3.20. The number of nitrogens with zero attached hydrogens (tertiary/aromatic N) is 3. The molecule has 0 unspecified atom stereocenters. The van der Waals surface area contributed by atoms with Crippen molar-refractivity contribution in [1.29, 1.82) is 0 Å². The predicted octanol–water partition coefficient (Wildman–Crippen LogP) is 3.58. The molecule has 8 nitrogen and oxygen atoms in total. The fraction of sp³-hybridized carbons (Fsp3) is 0.364. The molecule has 31 heavy (non-hydrogen) atoms. The molecule has 1 aliphatic rings. The molecule has 1 aromatic carbocycles. The second-order valence-electron chi connectivity index (χ2n) is 7.67. The molecular weight excluding hydrogens is 416 g/mol. The first-order chi connectivity index (χ1) is 15.1. The zero-order valence-electron chi connectivity index (χ0n) is 16.9. The molecule has 3 heterocycles. The van der Waals surface area contributed by atoms with Crippen molar-refractivity contribution in [2.24, 2.45) is 0 Å². The van der Waals surface area contributed by atoms with E-state index in [9.17, 15) is 9.59 Å². The average molecular weight is 439 g/mol. The third kappa shape index (κ3) is 3.81. The van der Waals surface area contributed by atoms with Gasteiger partial charge in [0.1, 0.15) is 10.6 Å². The molecule has 0 amide bonds. The Morgan fingerprint density at radius 3 is 2.94 bits per heavy atom. The Labute approximate surface area is 181 Å². The first kappa shape index (κ1) is 19.7. The van der Waals surface area contributed by atoms with Crippen LogP contribution in [-0.4, -0.2) is 20.5 Å². The largest absolute Gasteiger partial charge is 0.457 e. The molecule has 9 heteroatoms. The number of oxazole rings is 1. The molecule has 2 N–H and O–H groups in total. The van der Waals surface area contributed by atoms with Gasteiger partial charge >= 0.3 is 11.7 Å². The topological polar surface area (TPSA) is 113 Å². The highest BCUT2D eigenvalue weighted by molar-refractivity contribution is 7.19. The van der Waals surface area contributed by atoms with E-state index in [0.29, 0.717) is 22.7 Å². The average Bonchev–Trinajstić information content (AvgIpc) is 3.17. The summed E-state index contributed by atoms with van der Waals surface area (Å²) in [6.07, 6.45) is 5.69. The van der Waals surface area contributed by atoms with E-state index >= 15 is 0 Å². The van der Waals surface area contributed by atoms with Crippen LogP contribution in [0.1, 0.15) is 41.9 Å². The van der Waals surface area contributed by atoms with Gasteiger partial charge in [0.05, 0.1) is 17.3 Å². The monoisotopic (exact) mass is 438 g/mol. The number of anilines is 1. The Morgan fingerprint density at radius 2 is 2.03 bits per heavy atom. The number of aromatic nitrogens is 3. The minimum atomic E-state index is -0.493. The molecule has 0 atom stereocenters. The highest BCUT2D eigenvalue weighted by atomic mass is 32.1. The van der Waals surface area contributed by atoms with Crippen LogP contribution >= 0.6 is 11.3 Å². The number of fused-ring (bicyclic) bond motifs is 4. The number of ether oxygens (including phenoxy) is 1. The number of aryl methyl sites for hydroxylation is 3. The van der Waals surface area contributed by atoms with Crippen molar-refractivity contribution in [2.75, 3.05) is 5.73 Å². The van der Waals surface area contributed by atoms with Gasteiger partial charge in [-0.25, -0.2) is 14.8 Å². The number of benzene rings is 1. The maximum Gasteiger partial charge on any atom is 0.419 e. The van der Waals surface area contributed by atoms with Gasteiger partial charge in [-0.1, -0.05) is 18.6 Å². The number of hydrogen-bond acceptors (Lipinski definition) is 8. The van der Waals surface area contributed by atoms with Gasteiger partial charge in [-0.05, 0) is 43.4 Å². The lowest BCUT2D eigenvalue weighted by Gasteiger charge is -2.06. The summed E-state index contributed by atoms with van der Waals surface area (Å²) in [6, 6.07) is 7.10. The van der Waals surface area contributed by atoms with Crippen LogP contribution < -0.4 is 11.5 Å². The number of rotatable bonds is 5. The van der Waals surface area contributed by atoms with E-state index in [1.807, 2.05) is 6.07 Å². The Bertz CT molecular complexity index is 1340. The van der Waals surface area contributed by atoms with Crippen LogP contribution in [0, 0.1) is 0 Å². The lowest BCUT2D eigenvalue weighted by molar-refractivity contribution is -0.145. The molecule has 0 bridgehead atoms. The third-order valence-electron chi connectivity index (χ3n) is 5.61. The smallest absolute Gasteiger partial charge is 0.419 e. The molecule has 0 fully saturated rings. The Kier molecular flexibility index (Phi) is 5.19. The van der Waals surface area contributed by atoms with E-state index in [1.165, 1.54) is 27.8 Å². The molecule has 160 valence electrons.